The van der Waals surface area contributed by atoms with Crippen molar-refractivity contribution in [3.8, 4) is 27.9 Å². The lowest BCUT2D eigenvalue weighted by molar-refractivity contribution is 1.18. The van der Waals surface area contributed by atoms with E-state index in [0.717, 1.165) is 17.0 Å². The van der Waals surface area contributed by atoms with Crippen molar-refractivity contribution in [1.29, 1.82) is 0 Å². The number of benzene rings is 5. The molecule has 0 N–H and O–H groups in total. The number of rotatable bonds is 3. The van der Waals surface area contributed by atoms with Crippen LogP contribution in [-0.2, 0) is 0 Å². The number of allylic oxidation sites excluding steroid dienone is 4. The van der Waals surface area contributed by atoms with Crippen molar-refractivity contribution in [2.24, 2.45) is 0 Å². The quantitative estimate of drug-likeness (QED) is 0.226. The van der Waals surface area contributed by atoms with E-state index >= 15 is 0 Å². The van der Waals surface area contributed by atoms with Crippen molar-refractivity contribution in [3.63, 3.8) is 0 Å². The molecule has 0 saturated carbocycles. The molecule has 1 nitrogen and oxygen atoms in total. The average molecular weight is 518 g/mol. The van der Waals surface area contributed by atoms with Crippen molar-refractivity contribution < 1.29 is 0 Å². The zero-order valence-corrected chi connectivity index (χ0v) is 22.4. The third-order valence-corrected chi connectivity index (χ3v) is 8.47. The number of hydrogen-bond donors (Lipinski definition) is 0. The summed E-state index contributed by atoms with van der Waals surface area (Å²) in [5, 5.41) is 2.56. The smallest absolute Gasteiger partial charge is 0.0552 e. The summed E-state index contributed by atoms with van der Waals surface area (Å²) < 4.78 is 2.44. The highest BCUT2D eigenvalue weighted by Crippen LogP contribution is 2.43. The van der Waals surface area contributed by atoms with Gasteiger partial charge in [-0.15, -0.1) is 11.8 Å². The molecule has 0 aliphatic carbocycles. The topological polar surface area (TPSA) is 4.93 Å². The van der Waals surface area contributed by atoms with Crippen LogP contribution in [0.25, 0.3) is 55.3 Å². The zero-order chi connectivity index (χ0) is 26.2. The Morgan fingerprint density at radius 3 is 2.00 bits per heavy atom. The molecule has 0 amide bonds. The fourth-order valence-electron chi connectivity index (χ4n) is 5.57. The summed E-state index contributed by atoms with van der Waals surface area (Å²) in [4.78, 5) is 1.30. The third kappa shape index (κ3) is 4.24. The highest BCUT2D eigenvalue weighted by atomic mass is 32.2. The Morgan fingerprint density at radius 2 is 1.28 bits per heavy atom. The molecule has 5 aromatic carbocycles. The summed E-state index contributed by atoms with van der Waals surface area (Å²) in [5.74, 6) is 0.922. The average Bonchev–Trinajstić information content (AvgIpc) is 3.37. The van der Waals surface area contributed by atoms with E-state index in [1.807, 2.05) is 11.8 Å². The highest BCUT2D eigenvalue weighted by molar-refractivity contribution is 7.99. The van der Waals surface area contributed by atoms with Crippen LogP contribution in [0.3, 0.4) is 0 Å². The van der Waals surface area contributed by atoms with E-state index in [1.54, 1.807) is 0 Å². The van der Waals surface area contributed by atoms with E-state index in [2.05, 4.69) is 151 Å². The zero-order valence-electron chi connectivity index (χ0n) is 21.5. The summed E-state index contributed by atoms with van der Waals surface area (Å²) in [6.45, 7) is 4.40. The summed E-state index contributed by atoms with van der Waals surface area (Å²) in [6, 6.07) is 41.6. The van der Waals surface area contributed by atoms with Gasteiger partial charge in [-0.2, -0.15) is 0 Å². The van der Waals surface area contributed by atoms with Crippen molar-refractivity contribution >= 4 is 39.1 Å². The van der Waals surface area contributed by atoms with Crippen LogP contribution in [0.2, 0.25) is 0 Å². The minimum Gasteiger partial charge on any atom is -0.309 e. The van der Waals surface area contributed by atoms with Crippen LogP contribution < -0.4 is 0 Å². The molecular formula is C37H27NS. The monoisotopic (exact) mass is 517 g/mol. The number of para-hydroxylation sites is 1. The molecule has 0 spiro atoms. The largest absolute Gasteiger partial charge is 0.309 e. The SMILES string of the molecule is C=C1/C=C\C=C/CSc2c1ccc1c2c2ccccc2n1-c1cc(-c2ccccc2)cc(-c2ccccc2)c1. The lowest BCUT2D eigenvalue weighted by Gasteiger charge is -2.15. The minimum absolute atomic E-state index is 0.922. The third-order valence-electron chi connectivity index (χ3n) is 7.40. The predicted molar refractivity (Wildman–Crippen MR) is 170 cm³/mol. The van der Waals surface area contributed by atoms with Crippen molar-refractivity contribution in [2.45, 2.75) is 4.90 Å². The maximum atomic E-state index is 4.40. The van der Waals surface area contributed by atoms with Gasteiger partial charge >= 0.3 is 0 Å². The van der Waals surface area contributed by atoms with Gasteiger partial charge in [-0.05, 0) is 63.7 Å². The molecule has 0 bridgehead atoms. The fraction of sp³-hybridized carbons (Fsp3) is 0.0270. The van der Waals surface area contributed by atoms with Crippen LogP contribution in [0.15, 0.2) is 151 Å². The molecule has 1 aliphatic heterocycles. The van der Waals surface area contributed by atoms with Gasteiger partial charge < -0.3 is 4.57 Å². The van der Waals surface area contributed by atoms with Gasteiger partial charge in [0.15, 0.2) is 0 Å². The molecule has 2 heteroatoms. The summed E-state index contributed by atoms with van der Waals surface area (Å²) in [7, 11) is 0. The summed E-state index contributed by atoms with van der Waals surface area (Å²) in [5.41, 5.74) is 10.7. The predicted octanol–water partition coefficient (Wildman–Crippen LogP) is 10.3. The van der Waals surface area contributed by atoms with Crippen LogP contribution in [-0.4, -0.2) is 10.3 Å². The van der Waals surface area contributed by atoms with Crippen molar-refractivity contribution in [1.82, 2.24) is 4.57 Å². The molecule has 0 radical (unpaired) electrons. The molecule has 0 saturated heterocycles. The van der Waals surface area contributed by atoms with E-state index in [0.29, 0.717) is 0 Å². The van der Waals surface area contributed by atoms with Gasteiger partial charge in [-0.1, -0.05) is 116 Å². The van der Waals surface area contributed by atoms with Gasteiger partial charge in [0, 0.05) is 27.1 Å². The number of thioether (sulfide) groups is 1. The fourth-order valence-corrected chi connectivity index (χ4v) is 6.66. The lowest BCUT2D eigenvalue weighted by atomic mass is 9.98. The van der Waals surface area contributed by atoms with Crippen molar-refractivity contribution in [2.75, 3.05) is 5.75 Å². The lowest BCUT2D eigenvalue weighted by Crippen LogP contribution is -1.96. The molecule has 0 unspecified atom stereocenters. The standard InChI is InChI=1S/C37H27NS/c1-26-13-5-4-12-22-39-37-32(26)20-21-35-36(37)33-18-10-11-19-34(33)38(35)31-24-29(27-14-6-2-7-15-27)23-30(25-31)28-16-8-3-9-17-28/h2-21,23-25H,1,22H2/b12-4-,13-5-. The second-order valence-electron chi connectivity index (χ2n) is 9.81. The Hall–Kier alpha value is -4.53. The van der Waals surface area contributed by atoms with Gasteiger partial charge in [0.2, 0.25) is 0 Å². The van der Waals surface area contributed by atoms with Gasteiger partial charge in [0.05, 0.1) is 11.0 Å². The number of fused-ring (bicyclic) bond motifs is 5. The molecule has 6 aromatic rings. The Morgan fingerprint density at radius 1 is 0.615 bits per heavy atom. The molecular weight excluding hydrogens is 490 g/mol. The van der Waals surface area contributed by atoms with Crippen LogP contribution in [0.4, 0.5) is 0 Å². The van der Waals surface area contributed by atoms with Gasteiger partial charge in [-0.25, -0.2) is 0 Å². The number of nitrogens with zero attached hydrogens (tertiary/aromatic N) is 1. The highest BCUT2D eigenvalue weighted by Gasteiger charge is 2.19. The van der Waals surface area contributed by atoms with E-state index in [4.69, 9.17) is 0 Å². The first kappa shape index (κ1) is 23.6. The van der Waals surface area contributed by atoms with Crippen LogP contribution in [0.1, 0.15) is 5.56 Å². The van der Waals surface area contributed by atoms with Crippen molar-refractivity contribution in [3.05, 3.63) is 152 Å². The van der Waals surface area contributed by atoms with Gasteiger partial charge in [0.25, 0.3) is 0 Å². The second-order valence-corrected chi connectivity index (χ2v) is 10.8. The Labute approximate surface area is 233 Å². The Kier molecular flexibility index (Phi) is 6.03. The van der Waals surface area contributed by atoms with E-state index < -0.39 is 0 Å². The number of aromatic nitrogens is 1. The minimum atomic E-state index is 0.922. The summed E-state index contributed by atoms with van der Waals surface area (Å²) in [6.07, 6.45) is 8.54. The molecule has 1 aromatic heterocycles. The number of hydrogen-bond acceptors (Lipinski definition) is 1. The van der Waals surface area contributed by atoms with E-state index in [-0.39, 0.29) is 0 Å². The van der Waals surface area contributed by atoms with Gasteiger partial charge in [-0.3, -0.25) is 0 Å². The van der Waals surface area contributed by atoms with Crippen LogP contribution in [0.5, 0.6) is 0 Å². The maximum absolute atomic E-state index is 4.40. The molecule has 1 aliphatic rings. The van der Waals surface area contributed by atoms with Crippen LogP contribution >= 0.6 is 11.8 Å². The molecule has 7 rings (SSSR count). The Balaban J connectivity index is 1.55. The second kappa shape index (κ2) is 9.98. The van der Waals surface area contributed by atoms with E-state index in [1.165, 1.54) is 54.5 Å². The summed E-state index contributed by atoms with van der Waals surface area (Å²) >= 11 is 1.89. The Bertz CT molecular complexity index is 1850. The maximum Gasteiger partial charge on any atom is 0.0552 e. The first-order valence-electron chi connectivity index (χ1n) is 13.3. The molecule has 0 atom stereocenters. The molecule has 0 fully saturated rings. The normalized spacial score (nSPS) is 14.9. The molecule has 39 heavy (non-hydrogen) atoms. The van der Waals surface area contributed by atoms with Crippen LogP contribution in [0, 0.1) is 0 Å². The van der Waals surface area contributed by atoms with E-state index in [9.17, 15) is 0 Å². The first-order valence-corrected chi connectivity index (χ1v) is 14.2. The first-order chi connectivity index (χ1) is 19.3. The molecule has 2 heterocycles. The van der Waals surface area contributed by atoms with Gasteiger partial charge in [0.1, 0.15) is 0 Å². The molecule has 186 valence electrons.